The number of hydrogen-bond donors (Lipinski definition) is 0. The molecular weight excluding hydrogens is 256 g/mol. The molecule has 1 heteroatoms. The highest BCUT2D eigenvalue weighted by molar-refractivity contribution is 5.25. The van der Waals surface area contributed by atoms with Crippen LogP contribution in [0.5, 0.6) is 0 Å². The maximum Gasteiger partial charge on any atom is 0.0464 e. The predicted octanol–water partition coefficient (Wildman–Crippen LogP) is 5.73. The number of benzene rings is 1. The summed E-state index contributed by atoms with van der Waals surface area (Å²) in [6.45, 7) is 3.20. The van der Waals surface area contributed by atoms with E-state index in [1.165, 1.54) is 63.4 Å². The average Bonchev–Trinajstić information content (AvgIpc) is 2.54. The third-order valence-electron chi connectivity index (χ3n) is 5.10. The molecular formula is C20H32O. The fourth-order valence-electron chi connectivity index (χ4n) is 3.60. The van der Waals surface area contributed by atoms with Crippen LogP contribution < -0.4 is 0 Å². The van der Waals surface area contributed by atoms with Gasteiger partial charge in [0.2, 0.25) is 0 Å². The van der Waals surface area contributed by atoms with E-state index in [-0.39, 0.29) is 0 Å². The van der Waals surface area contributed by atoms with Gasteiger partial charge in [0, 0.05) is 13.7 Å². The van der Waals surface area contributed by atoms with Gasteiger partial charge in [-0.2, -0.15) is 0 Å². The highest BCUT2D eigenvalue weighted by Gasteiger charge is 2.21. The van der Waals surface area contributed by atoms with E-state index in [2.05, 4.69) is 31.2 Å². The zero-order valence-electron chi connectivity index (χ0n) is 13.9. The summed E-state index contributed by atoms with van der Waals surface area (Å²) in [6.07, 6.45) is 12.0. The van der Waals surface area contributed by atoms with E-state index in [0.29, 0.717) is 0 Å². The van der Waals surface area contributed by atoms with E-state index < -0.39 is 0 Å². The lowest BCUT2D eigenvalue weighted by molar-refractivity contribution is 0.163. The summed E-state index contributed by atoms with van der Waals surface area (Å²) in [5.41, 5.74) is 3.08. The first kappa shape index (κ1) is 16.5. The second-order valence-electron chi connectivity index (χ2n) is 6.70. The van der Waals surface area contributed by atoms with Crippen LogP contribution in [0.3, 0.4) is 0 Å². The van der Waals surface area contributed by atoms with Crippen LogP contribution in [0.4, 0.5) is 0 Å². The molecule has 0 aromatic heterocycles. The van der Waals surface area contributed by atoms with Gasteiger partial charge in [0.1, 0.15) is 0 Å². The first-order chi connectivity index (χ1) is 10.3. The van der Waals surface area contributed by atoms with Gasteiger partial charge < -0.3 is 4.74 Å². The lowest BCUT2D eigenvalue weighted by Gasteiger charge is -2.28. The molecule has 0 aliphatic heterocycles. The Morgan fingerprint density at radius 1 is 1.00 bits per heavy atom. The summed E-state index contributed by atoms with van der Waals surface area (Å²) in [4.78, 5) is 0. The minimum Gasteiger partial charge on any atom is -0.385 e. The summed E-state index contributed by atoms with van der Waals surface area (Å²) in [5.74, 6) is 1.70. The topological polar surface area (TPSA) is 9.23 Å². The molecule has 1 nitrogen and oxygen atoms in total. The van der Waals surface area contributed by atoms with Crippen molar-refractivity contribution in [3.8, 4) is 0 Å². The second-order valence-corrected chi connectivity index (χ2v) is 6.70. The Bertz CT molecular complexity index is 373. The molecule has 1 fully saturated rings. The Hall–Kier alpha value is -0.820. The highest BCUT2D eigenvalue weighted by Crippen LogP contribution is 2.37. The quantitative estimate of drug-likeness (QED) is 0.555. The Morgan fingerprint density at radius 3 is 2.33 bits per heavy atom. The van der Waals surface area contributed by atoms with E-state index in [1.807, 2.05) is 7.11 Å². The average molecular weight is 288 g/mol. The van der Waals surface area contributed by atoms with E-state index in [0.717, 1.165) is 18.4 Å². The second kappa shape index (κ2) is 9.25. The number of methoxy groups -OCH3 is 1. The minimum atomic E-state index is 0.800. The molecule has 1 aliphatic carbocycles. The van der Waals surface area contributed by atoms with Crippen LogP contribution in [0.25, 0.3) is 0 Å². The Balaban J connectivity index is 1.78. The van der Waals surface area contributed by atoms with Crippen molar-refractivity contribution in [3.05, 3.63) is 35.4 Å². The Labute approximate surface area is 131 Å². The first-order valence-corrected chi connectivity index (χ1v) is 8.91. The molecule has 1 saturated carbocycles. The standard InChI is InChI=1S/C20H32O/c1-3-4-5-6-17-7-11-19(12-8-17)20-13-9-18(10-14-20)15-16-21-2/h7-8,11-12,18,20H,3-6,9-10,13-16H2,1-2H3. The fraction of sp³-hybridized carbons (Fsp3) is 0.700. The number of hydrogen-bond acceptors (Lipinski definition) is 1. The summed E-state index contributed by atoms with van der Waals surface area (Å²) in [5, 5.41) is 0. The number of ether oxygens (including phenoxy) is 1. The predicted molar refractivity (Wildman–Crippen MR) is 90.9 cm³/mol. The maximum atomic E-state index is 5.21. The van der Waals surface area contributed by atoms with Gasteiger partial charge in [-0.05, 0) is 67.9 Å². The van der Waals surface area contributed by atoms with Gasteiger partial charge in [-0.25, -0.2) is 0 Å². The molecule has 0 atom stereocenters. The zero-order chi connectivity index (χ0) is 14.9. The Morgan fingerprint density at radius 2 is 1.71 bits per heavy atom. The van der Waals surface area contributed by atoms with Crippen molar-refractivity contribution in [1.82, 2.24) is 0 Å². The molecule has 2 rings (SSSR count). The molecule has 1 aromatic rings. The molecule has 0 amide bonds. The Kier molecular flexibility index (Phi) is 7.29. The number of rotatable bonds is 8. The molecule has 0 radical (unpaired) electrons. The molecule has 1 aliphatic rings. The smallest absolute Gasteiger partial charge is 0.0464 e. The third-order valence-corrected chi connectivity index (χ3v) is 5.10. The van der Waals surface area contributed by atoms with Gasteiger partial charge in [-0.15, -0.1) is 0 Å². The largest absolute Gasteiger partial charge is 0.385 e. The minimum absolute atomic E-state index is 0.800. The van der Waals surface area contributed by atoms with Crippen LogP contribution in [0.15, 0.2) is 24.3 Å². The summed E-state index contributed by atoms with van der Waals surface area (Å²) >= 11 is 0. The van der Waals surface area contributed by atoms with Gasteiger partial charge in [0.15, 0.2) is 0 Å². The molecule has 0 bridgehead atoms. The SMILES string of the molecule is CCCCCc1ccc(C2CCC(CCOC)CC2)cc1. The van der Waals surface area contributed by atoms with E-state index >= 15 is 0 Å². The fourth-order valence-corrected chi connectivity index (χ4v) is 3.60. The van der Waals surface area contributed by atoms with Crippen molar-refractivity contribution >= 4 is 0 Å². The number of aryl methyl sites for hydroxylation is 1. The lowest BCUT2D eigenvalue weighted by atomic mass is 9.77. The van der Waals surface area contributed by atoms with Crippen LogP contribution in [0.1, 0.15) is 75.3 Å². The van der Waals surface area contributed by atoms with Crippen molar-refractivity contribution in [2.24, 2.45) is 5.92 Å². The summed E-state index contributed by atoms with van der Waals surface area (Å²) in [7, 11) is 1.81. The van der Waals surface area contributed by atoms with Crippen molar-refractivity contribution in [3.63, 3.8) is 0 Å². The zero-order valence-corrected chi connectivity index (χ0v) is 13.9. The molecule has 0 N–H and O–H groups in total. The van der Waals surface area contributed by atoms with Crippen molar-refractivity contribution in [2.45, 2.75) is 70.6 Å². The monoisotopic (exact) mass is 288 g/mol. The van der Waals surface area contributed by atoms with Crippen molar-refractivity contribution in [2.75, 3.05) is 13.7 Å². The van der Waals surface area contributed by atoms with E-state index in [4.69, 9.17) is 4.74 Å². The normalized spacial score (nSPS) is 22.4. The van der Waals surface area contributed by atoms with Crippen LogP contribution in [-0.2, 0) is 11.2 Å². The molecule has 0 unspecified atom stereocenters. The maximum absolute atomic E-state index is 5.21. The lowest BCUT2D eigenvalue weighted by Crippen LogP contribution is -2.14. The summed E-state index contributed by atoms with van der Waals surface area (Å²) < 4.78 is 5.21. The van der Waals surface area contributed by atoms with Gasteiger partial charge in [-0.1, -0.05) is 44.0 Å². The van der Waals surface area contributed by atoms with Crippen LogP contribution >= 0.6 is 0 Å². The highest BCUT2D eigenvalue weighted by atomic mass is 16.5. The summed E-state index contributed by atoms with van der Waals surface area (Å²) in [6, 6.07) is 9.51. The first-order valence-electron chi connectivity index (χ1n) is 8.91. The molecule has 118 valence electrons. The van der Waals surface area contributed by atoms with Gasteiger partial charge in [0.05, 0.1) is 0 Å². The van der Waals surface area contributed by atoms with Gasteiger partial charge >= 0.3 is 0 Å². The molecule has 0 spiro atoms. The van der Waals surface area contributed by atoms with Crippen LogP contribution in [-0.4, -0.2) is 13.7 Å². The molecule has 0 saturated heterocycles. The van der Waals surface area contributed by atoms with E-state index in [1.54, 1.807) is 5.56 Å². The third kappa shape index (κ3) is 5.47. The molecule has 0 heterocycles. The van der Waals surface area contributed by atoms with Crippen molar-refractivity contribution in [1.29, 1.82) is 0 Å². The van der Waals surface area contributed by atoms with Crippen molar-refractivity contribution < 1.29 is 4.74 Å². The number of unbranched alkanes of at least 4 members (excludes halogenated alkanes) is 2. The molecule has 21 heavy (non-hydrogen) atoms. The van der Waals surface area contributed by atoms with Gasteiger partial charge in [-0.3, -0.25) is 0 Å². The van der Waals surface area contributed by atoms with Crippen LogP contribution in [0.2, 0.25) is 0 Å². The van der Waals surface area contributed by atoms with Gasteiger partial charge in [0.25, 0.3) is 0 Å². The van der Waals surface area contributed by atoms with Crippen LogP contribution in [0, 0.1) is 5.92 Å². The van der Waals surface area contributed by atoms with E-state index in [9.17, 15) is 0 Å². The molecule has 1 aromatic carbocycles.